The molecule has 198 valence electrons. The minimum absolute atomic E-state index is 0.0168. The van der Waals surface area contributed by atoms with Crippen molar-refractivity contribution in [3.8, 4) is 0 Å². The quantitative estimate of drug-likeness (QED) is 0.347. The number of halogens is 2. The predicted octanol–water partition coefficient (Wildman–Crippen LogP) is 6.56. The molecule has 5 rings (SSSR count). The van der Waals surface area contributed by atoms with Crippen LogP contribution in [0, 0.1) is 0 Å². The number of hydrogen-bond donors (Lipinski definition) is 3. The van der Waals surface area contributed by atoms with Gasteiger partial charge in [0.2, 0.25) is 11.8 Å². The summed E-state index contributed by atoms with van der Waals surface area (Å²) < 4.78 is 0. The van der Waals surface area contributed by atoms with E-state index in [1.165, 1.54) is 19.3 Å². The molecule has 2 fully saturated rings. The predicted molar refractivity (Wildman–Crippen MR) is 150 cm³/mol. The first-order chi connectivity index (χ1) is 17.9. The normalized spacial score (nSPS) is 23.7. The standard InChI is InChI=1S/C30H37Cl2N3O2/c31-22-10-8-9-21(17-22)19-30(25-14-13-23(32)18-26(25)35-28(30)37)29(15-6-1-2-7-16-29)33-20-27(36)34-24-11-4-3-5-12-24/h8-10,13-14,17-18,24,33H,1-7,11-12,15-16,19-20H2,(H,34,36)(H,35,37). The maximum absolute atomic E-state index is 14.2. The van der Waals surface area contributed by atoms with Crippen LogP contribution in [0.2, 0.25) is 10.0 Å². The van der Waals surface area contributed by atoms with Gasteiger partial charge in [-0.25, -0.2) is 0 Å². The molecule has 0 radical (unpaired) electrons. The average Bonchev–Trinajstić information content (AvgIpc) is 3.01. The number of anilines is 1. The van der Waals surface area contributed by atoms with Gasteiger partial charge in [0.15, 0.2) is 0 Å². The smallest absolute Gasteiger partial charge is 0.237 e. The van der Waals surface area contributed by atoms with Crippen molar-refractivity contribution < 1.29 is 9.59 Å². The van der Waals surface area contributed by atoms with Crippen molar-refractivity contribution in [1.82, 2.24) is 10.6 Å². The zero-order valence-corrected chi connectivity index (χ0v) is 22.9. The molecular weight excluding hydrogens is 505 g/mol. The van der Waals surface area contributed by atoms with E-state index in [0.717, 1.165) is 68.2 Å². The van der Waals surface area contributed by atoms with Crippen LogP contribution in [-0.2, 0) is 21.4 Å². The van der Waals surface area contributed by atoms with Gasteiger partial charge >= 0.3 is 0 Å². The SMILES string of the molecule is O=C(CNC1(C2(Cc3cccc(Cl)c3)C(=O)Nc3cc(Cl)ccc32)CCCCCC1)NC1CCCCC1. The van der Waals surface area contributed by atoms with Crippen molar-refractivity contribution in [1.29, 1.82) is 0 Å². The Morgan fingerprint density at radius 1 is 0.919 bits per heavy atom. The molecule has 7 heteroatoms. The molecule has 1 unspecified atom stereocenters. The summed E-state index contributed by atoms with van der Waals surface area (Å²) >= 11 is 12.7. The summed E-state index contributed by atoms with van der Waals surface area (Å²) in [4.78, 5) is 27.4. The van der Waals surface area contributed by atoms with E-state index in [-0.39, 0.29) is 24.4 Å². The topological polar surface area (TPSA) is 70.2 Å². The Labute approximate surface area is 230 Å². The highest BCUT2D eigenvalue weighted by Gasteiger charge is 2.60. The van der Waals surface area contributed by atoms with Crippen LogP contribution >= 0.6 is 23.2 Å². The summed E-state index contributed by atoms with van der Waals surface area (Å²) in [5, 5.41) is 11.4. The minimum Gasteiger partial charge on any atom is -0.352 e. The molecule has 37 heavy (non-hydrogen) atoms. The van der Waals surface area contributed by atoms with Gasteiger partial charge in [0, 0.05) is 27.3 Å². The van der Waals surface area contributed by atoms with E-state index >= 15 is 0 Å². The fourth-order valence-electron chi connectivity index (χ4n) is 6.98. The summed E-state index contributed by atoms with van der Waals surface area (Å²) in [5.41, 5.74) is 1.23. The number of carbonyl (C=O) groups excluding carboxylic acids is 2. The highest BCUT2D eigenvalue weighted by molar-refractivity contribution is 6.31. The highest BCUT2D eigenvalue weighted by atomic mass is 35.5. The average molecular weight is 543 g/mol. The molecule has 0 aromatic heterocycles. The van der Waals surface area contributed by atoms with Crippen LogP contribution in [0.5, 0.6) is 0 Å². The summed E-state index contributed by atoms with van der Waals surface area (Å²) in [6.07, 6.45) is 12.1. The van der Waals surface area contributed by atoms with Crippen LogP contribution in [0.3, 0.4) is 0 Å². The first kappa shape index (κ1) is 26.5. The summed E-state index contributed by atoms with van der Waals surface area (Å²) in [6, 6.07) is 13.7. The van der Waals surface area contributed by atoms with E-state index in [4.69, 9.17) is 23.2 Å². The maximum Gasteiger partial charge on any atom is 0.237 e. The van der Waals surface area contributed by atoms with E-state index < -0.39 is 11.0 Å². The molecule has 2 amide bonds. The molecule has 2 aliphatic carbocycles. The third-order valence-corrected chi connectivity index (χ3v) is 9.24. The van der Waals surface area contributed by atoms with Crippen LogP contribution in [0.15, 0.2) is 42.5 Å². The zero-order valence-electron chi connectivity index (χ0n) is 21.4. The number of amides is 2. The van der Waals surface area contributed by atoms with Gasteiger partial charge in [0.25, 0.3) is 0 Å². The van der Waals surface area contributed by atoms with Gasteiger partial charge in [0.05, 0.1) is 12.0 Å². The number of fused-ring (bicyclic) bond motifs is 1. The van der Waals surface area contributed by atoms with E-state index in [0.29, 0.717) is 16.5 Å². The molecule has 2 aromatic carbocycles. The highest BCUT2D eigenvalue weighted by Crippen LogP contribution is 2.52. The number of rotatable bonds is 7. The molecule has 0 bridgehead atoms. The van der Waals surface area contributed by atoms with Gasteiger partial charge in [0.1, 0.15) is 0 Å². The van der Waals surface area contributed by atoms with Gasteiger partial charge in [-0.2, -0.15) is 0 Å². The Kier molecular flexibility index (Phi) is 8.13. The molecule has 3 aliphatic rings. The lowest BCUT2D eigenvalue weighted by atomic mass is 9.59. The van der Waals surface area contributed by atoms with Gasteiger partial charge in [-0.05, 0) is 67.5 Å². The molecule has 0 saturated heterocycles. The van der Waals surface area contributed by atoms with Crippen LogP contribution in [0.4, 0.5) is 5.69 Å². The van der Waals surface area contributed by atoms with Crippen LogP contribution in [0.1, 0.15) is 81.8 Å². The zero-order chi connectivity index (χ0) is 25.9. The Morgan fingerprint density at radius 2 is 1.62 bits per heavy atom. The lowest BCUT2D eigenvalue weighted by Crippen LogP contribution is -2.66. The molecule has 2 aromatic rings. The van der Waals surface area contributed by atoms with Crippen LogP contribution < -0.4 is 16.0 Å². The van der Waals surface area contributed by atoms with E-state index in [1.54, 1.807) is 0 Å². The fourth-order valence-corrected chi connectivity index (χ4v) is 7.36. The molecule has 0 spiro atoms. The lowest BCUT2D eigenvalue weighted by Gasteiger charge is -2.48. The molecule has 1 atom stereocenters. The monoisotopic (exact) mass is 541 g/mol. The number of nitrogens with one attached hydrogen (secondary N) is 3. The van der Waals surface area contributed by atoms with Crippen molar-refractivity contribution in [2.45, 2.75) is 94.0 Å². The first-order valence-electron chi connectivity index (χ1n) is 13.8. The van der Waals surface area contributed by atoms with Gasteiger partial charge in [-0.1, -0.05) is 86.3 Å². The first-order valence-corrected chi connectivity index (χ1v) is 14.6. The van der Waals surface area contributed by atoms with Crippen LogP contribution in [0.25, 0.3) is 0 Å². The number of carbonyl (C=O) groups is 2. The second-order valence-electron chi connectivity index (χ2n) is 11.1. The molecular formula is C30H37Cl2N3O2. The Morgan fingerprint density at radius 3 is 2.35 bits per heavy atom. The second kappa shape index (κ2) is 11.3. The van der Waals surface area contributed by atoms with Gasteiger partial charge in [-0.3, -0.25) is 9.59 Å². The Balaban J connectivity index is 1.54. The Bertz CT molecular complexity index is 1140. The molecule has 1 aliphatic heterocycles. The van der Waals surface area contributed by atoms with Crippen molar-refractivity contribution in [3.63, 3.8) is 0 Å². The largest absolute Gasteiger partial charge is 0.352 e. The summed E-state index contributed by atoms with van der Waals surface area (Å²) in [7, 11) is 0. The molecule has 1 heterocycles. The number of hydrogen-bond acceptors (Lipinski definition) is 3. The van der Waals surface area contributed by atoms with E-state index in [2.05, 4.69) is 16.0 Å². The third-order valence-electron chi connectivity index (χ3n) is 8.77. The molecule has 2 saturated carbocycles. The maximum atomic E-state index is 14.2. The van der Waals surface area contributed by atoms with Crippen LogP contribution in [-0.4, -0.2) is 29.9 Å². The van der Waals surface area contributed by atoms with E-state index in [9.17, 15) is 9.59 Å². The summed E-state index contributed by atoms with van der Waals surface area (Å²) in [5.74, 6) is -0.0185. The van der Waals surface area contributed by atoms with Gasteiger partial charge in [-0.15, -0.1) is 0 Å². The van der Waals surface area contributed by atoms with Crippen molar-refractivity contribution in [2.75, 3.05) is 11.9 Å². The third kappa shape index (κ3) is 5.41. The minimum atomic E-state index is -0.896. The van der Waals surface area contributed by atoms with Crippen molar-refractivity contribution in [2.24, 2.45) is 0 Å². The second-order valence-corrected chi connectivity index (χ2v) is 12.0. The lowest BCUT2D eigenvalue weighted by molar-refractivity contribution is -0.126. The molecule has 3 N–H and O–H groups in total. The molecule has 5 nitrogen and oxygen atoms in total. The Hall–Kier alpha value is -2.08. The van der Waals surface area contributed by atoms with Gasteiger partial charge < -0.3 is 16.0 Å². The van der Waals surface area contributed by atoms with E-state index in [1.807, 2.05) is 42.5 Å². The number of benzene rings is 2. The fraction of sp³-hybridized carbons (Fsp3) is 0.533. The van der Waals surface area contributed by atoms with Crippen molar-refractivity contribution in [3.05, 3.63) is 63.6 Å². The summed E-state index contributed by atoms with van der Waals surface area (Å²) in [6.45, 7) is 0.198. The van der Waals surface area contributed by atoms with Crippen molar-refractivity contribution >= 4 is 40.7 Å².